The number of nitro benzene ring substituents is 1. The number of benzene rings is 1. The number of hydrazone groups is 1. The Kier molecular flexibility index (Phi) is 3.90. The van der Waals surface area contributed by atoms with Gasteiger partial charge in [0.25, 0.3) is 11.6 Å². The van der Waals surface area contributed by atoms with Crippen LogP contribution in [-0.2, 0) is 0 Å². The van der Waals surface area contributed by atoms with Crippen LogP contribution >= 0.6 is 0 Å². The van der Waals surface area contributed by atoms with Crippen molar-refractivity contribution < 1.29 is 23.6 Å². The van der Waals surface area contributed by atoms with Crippen LogP contribution in [0.1, 0.15) is 27.4 Å². The van der Waals surface area contributed by atoms with Crippen molar-refractivity contribution in [1.29, 1.82) is 0 Å². The Balaban J connectivity index is 1.80. The molecule has 2 heterocycles. The van der Waals surface area contributed by atoms with E-state index in [1.807, 2.05) is 0 Å². The van der Waals surface area contributed by atoms with E-state index in [0.717, 1.165) is 0 Å². The lowest BCUT2D eigenvalue weighted by Crippen LogP contribution is -2.17. The third-order valence-corrected chi connectivity index (χ3v) is 3.37. The quantitative estimate of drug-likeness (QED) is 0.522. The molecule has 0 unspecified atom stereocenters. The molecule has 2 aromatic rings. The largest absolute Gasteiger partial charge is 0.466 e. The fourth-order valence-electron chi connectivity index (χ4n) is 2.29. The summed E-state index contributed by atoms with van der Waals surface area (Å²) in [6.07, 6.45) is 1.18. The molecule has 0 bridgehead atoms. The zero-order valence-corrected chi connectivity index (χ0v) is 12.9. The molecule has 9 nitrogen and oxygen atoms in total. The number of nitrogens with one attached hydrogen (secondary N) is 1. The van der Waals surface area contributed by atoms with E-state index in [9.17, 15) is 14.9 Å². The van der Waals surface area contributed by atoms with Crippen LogP contribution in [0.3, 0.4) is 0 Å². The lowest BCUT2D eigenvalue weighted by Gasteiger charge is -2.01. The third-order valence-electron chi connectivity index (χ3n) is 3.37. The minimum Gasteiger partial charge on any atom is -0.466 e. The molecule has 0 radical (unpaired) electrons. The van der Waals surface area contributed by atoms with E-state index in [0.29, 0.717) is 28.6 Å². The summed E-state index contributed by atoms with van der Waals surface area (Å²) in [6.45, 7) is 3.39. The van der Waals surface area contributed by atoms with Gasteiger partial charge in [-0.1, -0.05) is 0 Å². The van der Waals surface area contributed by atoms with Crippen LogP contribution < -0.4 is 14.9 Å². The van der Waals surface area contributed by atoms with Crippen LogP contribution in [0.25, 0.3) is 0 Å². The Morgan fingerprint density at radius 2 is 2.00 bits per heavy atom. The number of amides is 1. The number of hydrogen-bond donors (Lipinski definition) is 1. The number of aryl methyl sites for hydroxylation is 2. The van der Waals surface area contributed by atoms with Crippen LogP contribution in [0.2, 0.25) is 0 Å². The average molecular weight is 331 g/mol. The molecule has 24 heavy (non-hydrogen) atoms. The molecular formula is C15H13N3O6. The molecule has 0 saturated heterocycles. The predicted molar refractivity (Wildman–Crippen MR) is 82.5 cm³/mol. The number of rotatable bonds is 4. The Labute approximate surface area is 136 Å². The van der Waals surface area contributed by atoms with Crippen LogP contribution in [0.4, 0.5) is 5.69 Å². The van der Waals surface area contributed by atoms with Crippen molar-refractivity contribution in [2.24, 2.45) is 5.10 Å². The highest BCUT2D eigenvalue weighted by Gasteiger charge is 2.22. The smallest absolute Gasteiger partial charge is 0.282 e. The molecule has 124 valence electrons. The Bertz CT molecular complexity index is 855. The average Bonchev–Trinajstić information content (AvgIpc) is 3.11. The van der Waals surface area contributed by atoms with Crippen molar-refractivity contribution in [1.82, 2.24) is 5.43 Å². The third kappa shape index (κ3) is 2.91. The molecule has 3 rings (SSSR count). The van der Waals surface area contributed by atoms with Gasteiger partial charge in [0, 0.05) is 0 Å². The fraction of sp³-hybridized carbons (Fsp3) is 0.200. The minimum atomic E-state index is -0.561. The van der Waals surface area contributed by atoms with Gasteiger partial charge in [0.2, 0.25) is 6.79 Å². The van der Waals surface area contributed by atoms with E-state index >= 15 is 0 Å². The maximum absolute atomic E-state index is 12.0. The van der Waals surface area contributed by atoms with E-state index < -0.39 is 10.8 Å². The predicted octanol–water partition coefficient (Wildman–Crippen LogP) is 2.30. The first-order chi connectivity index (χ1) is 11.5. The Morgan fingerprint density at radius 3 is 2.62 bits per heavy atom. The van der Waals surface area contributed by atoms with Crippen molar-refractivity contribution in [2.75, 3.05) is 6.79 Å². The Morgan fingerprint density at radius 1 is 1.29 bits per heavy atom. The second-order valence-electron chi connectivity index (χ2n) is 5.05. The number of fused-ring (bicyclic) bond motifs is 1. The van der Waals surface area contributed by atoms with Gasteiger partial charge in [-0.3, -0.25) is 14.9 Å². The van der Waals surface area contributed by atoms with Crippen molar-refractivity contribution in [3.63, 3.8) is 0 Å². The molecule has 0 aliphatic carbocycles. The topological polar surface area (TPSA) is 116 Å². The van der Waals surface area contributed by atoms with Gasteiger partial charge in [-0.2, -0.15) is 5.10 Å². The molecule has 0 spiro atoms. The van der Waals surface area contributed by atoms with E-state index in [2.05, 4.69) is 10.5 Å². The standard InChI is InChI=1S/C15H13N3O6/c1-8-3-11(9(2)24-8)15(19)17-16-6-10-4-13-14(23-7-22-13)5-12(10)18(20)21/h3-6H,7H2,1-2H3,(H,17,19)/b16-6+. The van der Waals surface area contributed by atoms with E-state index in [-0.39, 0.29) is 18.0 Å². The second-order valence-corrected chi connectivity index (χ2v) is 5.05. The van der Waals surface area contributed by atoms with E-state index in [4.69, 9.17) is 13.9 Å². The van der Waals surface area contributed by atoms with Crippen LogP contribution in [-0.4, -0.2) is 23.8 Å². The summed E-state index contributed by atoms with van der Waals surface area (Å²) in [4.78, 5) is 22.6. The van der Waals surface area contributed by atoms with Crippen LogP contribution in [0.15, 0.2) is 27.7 Å². The van der Waals surface area contributed by atoms with Gasteiger partial charge in [0.05, 0.1) is 28.3 Å². The van der Waals surface area contributed by atoms with Crippen LogP contribution in [0, 0.1) is 24.0 Å². The van der Waals surface area contributed by atoms with Crippen LogP contribution in [0.5, 0.6) is 11.5 Å². The zero-order chi connectivity index (χ0) is 17.3. The van der Waals surface area contributed by atoms with Gasteiger partial charge < -0.3 is 13.9 Å². The molecule has 0 atom stereocenters. The van der Waals surface area contributed by atoms with Gasteiger partial charge in [-0.15, -0.1) is 0 Å². The molecule has 9 heteroatoms. The number of hydrogen-bond acceptors (Lipinski definition) is 7. The highest BCUT2D eigenvalue weighted by atomic mass is 16.7. The molecule has 1 aliphatic heterocycles. The van der Waals surface area contributed by atoms with Crippen molar-refractivity contribution in [3.05, 3.63) is 51.0 Å². The van der Waals surface area contributed by atoms with Crippen molar-refractivity contribution >= 4 is 17.8 Å². The van der Waals surface area contributed by atoms with Gasteiger partial charge in [-0.25, -0.2) is 5.43 Å². The van der Waals surface area contributed by atoms with E-state index in [1.54, 1.807) is 19.9 Å². The molecule has 1 aromatic heterocycles. The SMILES string of the molecule is Cc1cc(C(=O)N/N=C/c2cc3c(cc2[N+](=O)[O-])OCO3)c(C)o1. The van der Waals surface area contributed by atoms with Gasteiger partial charge in [-0.05, 0) is 26.0 Å². The summed E-state index contributed by atoms with van der Waals surface area (Å²) >= 11 is 0. The van der Waals surface area contributed by atoms with Crippen molar-refractivity contribution in [3.8, 4) is 11.5 Å². The maximum atomic E-state index is 12.0. The first-order valence-corrected chi connectivity index (χ1v) is 6.94. The number of carbonyl (C=O) groups excluding carboxylic acids is 1. The Hall–Kier alpha value is -3.36. The highest BCUT2D eigenvalue weighted by Crippen LogP contribution is 2.37. The van der Waals surface area contributed by atoms with E-state index in [1.165, 1.54) is 18.3 Å². The molecule has 1 aromatic carbocycles. The molecule has 1 aliphatic rings. The summed E-state index contributed by atoms with van der Waals surface area (Å²) in [5.74, 6) is 1.29. The summed E-state index contributed by atoms with van der Waals surface area (Å²) in [5.41, 5.74) is 2.65. The molecular weight excluding hydrogens is 318 g/mol. The number of nitrogens with zero attached hydrogens (tertiary/aromatic N) is 2. The summed E-state index contributed by atoms with van der Waals surface area (Å²) < 4.78 is 15.6. The molecule has 1 amide bonds. The highest BCUT2D eigenvalue weighted by molar-refractivity contribution is 5.96. The monoisotopic (exact) mass is 331 g/mol. The molecule has 0 fully saturated rings. The maximum Gasteiger partial charge on any atom is 0.282 e. The van der Waals surface area contributed by atoms with Gasteiger partial charge in [0.15, 0.2) is 11.5 Å². The summed E-state index contributed by atoms with van der Waals surface area (Å²) in [6, 6.07) is 4.28. The summed E-state index contributed by atoms with van der Waals surface area (Å²) in [5, 5.41) is 14.9. The normalized spacial score (nSPS) is 12.6. The van der Waals surface area contributed by atoms with Gasteiger partial charge >= 0.3 is 0 Å². The first-order valence-electron chi connectivity index (χ1n) is 6.94. The number of nitro groups is 1. The minimum absolute atomic E-state index is 0.00291. The summed E-state index contributed by atoms with van der Waals surface area (Å²) in [7, 11) is 0. The zero-order valence-electron chi connectivity index (χ0n) is 12.9. The lowest BCUT2D eigenvalue weighted by atomic mass is 10.1. The molecule has 1 N–H and O–H groups in total. The number of ether oxygens (including phenoxy) is 2. The fourth-order valence-corrected chi connectivity index (χ4v) is 2.29. The number of carbonyl (C=O) groups is 1. The lowest BCUT2D eigenvalue weighted by molar-refractivity contribution is -0.385. The first kappa shape index (κ1) is 15.5. The number of furan rings is 1. The van der Waals surface area contributed by atoms with Crippen molar-refractivity contribution in [2.45, 2.75) is 13.8 Å². The molecule has 0 saturated carbocycles. The van der Waals surface area contributed by atoms with Gasteiger partial charge in [0.1, 0.15) is 11.5 Å². The second kappa shape index (κ2) is 6.03.